The lowest BCUT2D eigenvalue weighted by molar-refractivity contribution is 0.0115. The molecule has 0 unspecified atom stereocenters. The number of imidazole rings is 1. The molecular weight excluding hydrogens is 494 g/mol. The van der Waals surface area contributed by atoms with Crippen molar-refractivity contribution in [3.63, 3.8) is 0 Å². The van der Waals surface area contributed by atoms with Crippen molar-refractivity contribution in [1.29, 1.82) is 0 Å². The molecule has 8 nitrogen and oxygen atoms in total. The number of pyridine rings is 3. The van der Waals surface area contributed by atoms with Crippen molar-refractivity contribution in [2.24, 2.45) is 0 Å². The van der Waals surface area contributed by atoms with Crippen LogP contribution in [0.25, 0.3) is 56.0 Å². The van der Waals surface area contributed by atoms with Gasteiger partial charge < -0.3 is 4.98 Å². The van der Waals surface area contributed by atoms with Gasteiger partial charge in [-0.25, -0.2) is 18.7 Å². The molecule has 0 aromatic carbocycles. The van der Waals surface area contributed by atoms with Crippen LogP contribution in [0.15, 0.2) is 59.8 Å². The van der Waals surface area contributed by atoms with Crippen LogP contribution in [-0.2, 0) is 6.54 Å². The quantitative estimate of drug-likeness (QED) is 0.314. The number of aromatic nitrogens is 7. The number of fused-ring (bicyclic) bond motifs is 2. The van der Waals surface area contributed by atoms with Gasteiger partial charge in [0.05, 0.1) is 23.1 Å². The number of aromatic amines is 2. The highest BCUT2D eigenvalue weighted by atomic mass is 32.1. The molecule has 0 radical (unpaired) electrons. The Labute approximate surface area is 213 Å². The summed E-state index contributed by atoms with van der Waals surface area (Å²) in [6.45, 7) is 0.594. The predicted molar refractivity (Wildman–Crippen MR) is 138 cm³/mol. The molecular formula is C26H20F2N8S. The predicted octanol–water partition coefficient (Wildman–Crippen LogP) is 5.53. The lowest BCUT2D eigenvalue weighted by Crippen LogP contribution is -2.24. The minimum absolute atomic E-state index is 0.101. The fourth-order valence-electron chi connectivity index (χ4n) is 4.83. The molecule has 11 heteroatoms. The minimum Gasteiger partial charge on any atom is -0.336 e. The summed E-state index contributed by atoms with van der Waals surface area (Å²) in [4.78, 5) is 23.4. The maximum Gasteiger partial charge on any atom is 0.261 e. The first kappa shape index (κ1) is 22.1. The SMILES string of the molecule is FC1(F)CCN(Cc2cncc(-c3cnc4[nH]nc(-c5nc6c(-c7ccsc7)nccc6[nH]5)c4c3)c2)C1. The maximum absolute atomic E-state index is 13.6. The molecule has 1 aliphatic heterocycles. The first-order valence-electron chi connectivity index (χ1n) is 11.8. The fourth-order valence-corrected chi connectivity index (χ4v) is 5.47. The van der Waals surface area contributed by atoms with Crippen LogP contribution in [0.3, 0.4) is 0 Å². The van der Waals surface area contributed by atoms with E-state index >= 15 is 0 Å². The van der Waals surface area contributed by atoms with Crippen molar-refractivity contribution < 1.29 is 8.78 Å². The van der Waals surface area contributed by atoms with Gasteiger partial charge in [-0.1, -0.05) is 0 Å². The van der Waals surface area contributed by atoms with Gasteiger partial charge in [-0.15, -0.1) is 0 Å². The lowest BCUT2D eigenvalue weighted by atomic mass is 10.1. The fraction of sp³-hybridized carbons (Fsp3) is 0.192. The van der Waals surface area contributed by atoms with E-state index in [0.29, 0.717) is 30.3 Å². The molecule has 0 atom stereocenters. The smallest absolute Gasteiger partial charge is 0.261 e. The molecule has 6 aromatic rings. The second-order valence-corrected chi connectivity index (χ2v) is 10.0. The van der Waals surface area contributed by atoms with Gasteiger partial charge in [0.2, 0.25) is 0 Å². The van der Waals surface area contributed by atoms with E-state index in [9.17, 15) is 8.78 Å². The highest BCUT2D eigenvalue weighted by Crippen LogP contribution is 2.33. The monoisotopic (exact) mass is 514 g/mol. The van der Waals surface area contributed by atoms with Crippen molar-refractivity contribution in [2.45, 2.75) is 18.9 Å². The van der Waals surface area contributed by atoms with Gasteiger partial charge in [0.1, 0.15) is 11.2 Å². The van der Waals surface area contributed by atoms with Crippen LogP contribution >= 0.6 is 11.3 Å². The Hall–Kier alpha value is -4.09. The van der Waals surface area contributed by atoms with Gasteiger partial charge in [0.25, 0.3) is 5.92 Å². The zero-order valence-corrected chi connectivity index (χ0v) is 20.3. The van der Waals surface area contributed by atoms with Gasteiger partial charge in [-0.3, -0.25) is 20.0 Å². The number of hydrogen-bond acceptors (Lipinski definition) is 7. The van der Waals surface area contributed by atoms with Gasteiger partial charge in [0, 0.05) is 66.4 Å². The first-order chi connectivity index (χ1) is 18.0. The normalized spacial score (nSPS) is 15.7. The van der Waals surface area contributed by atoms with E-state index in [2.05, 4.69) is 30.1 Å². The molecule has 184 valence electrons. The Morgan fingerprint density at radius 3 is 2.78 bits per heavy atom. The van der Waals surface area contributed by atoms with Crippen LogP contribution in [0, 0.1) is 0 Å². The van der Waals surface area contributed by atoms with Crippen LogP contribution < -0.4 is 0 Å². The topological polar surface area (TPSA) is 99.3 Å². The van der Waals surface area contributed by atoms with Gasteiger partial charge >= 0.3 is 0 Å². The van der Waals surface area contributed by atoms with Crippen molar-refractivity contribution in [3.05, 3.63) is 65.4 Å². The second-order valence-electron chi connectivity index (χ2n) is 9.24. The highest BCUT2D eigenvalue weighted by molar-refractivity contribution is 7.08. The van der Waals surface area contributed by atoms with Crippen LogP contribution in [0.4, 0.5) is 8.78 Å². The Morgan fingerprint density at radius 1 is 1.03 bits per heavy atom. The average Bonchev–Trinajstić information content (AvgIpc) is 3.69. The van der Waals surface area contributed by atoms with E-state index in [1.165, 1.54) is 0 Å². The summed E-state index contributed by atoms with van der Waals surface area (Å²) in [5, 5.41) is 12.4. The third-order valence-electron chi connectivity index (χ3n) is 6.62. The standard InChI is InChI=1S/C26H20F2N8S/c27-26(28)3-5-36(14-26)12-15-7-17(10-29-9-15)18-8-19-22(34-35-24(19)31-11-18)25-32-20-1-4-30-21(23(20)33-25)16-2-6-37-13-16/h1-2,4,6-11,13H,3,5,12,14H2,(H,32,33)(H,31,34,35). The summed E-state index contributed by atoms with van der Waals surface area (Å²) in [6.07, 6.45) is 6.90. The highest BCUT2D eigenvalue weighted by Gasteiger charge is 2.37. The largest absolute Gasteiger partial charge is 0.336 e. The van der Waals surface area contributed by atoms with Crippen molar-refractivity contribution in [1.82, 2.24) is 40.0 Å². The Morgan fingerprint density at radius 2 is 1.95 bits per heavy atom. The van der Waals surface area contributed by atoms with Gasteiger partial charge in [0.15, 0.2) is 11.5 Å². The van der Waals surface area contributed by atoms with E-state index in [0.717, 1.165) is 44.4 Å². The van der Waals surface area contributed by atoms with Gasteiger partial charge in [-0.05, 0) is 35.2 Å². The number of H-pyrrole nitrogens is 2. The maximum atomic E-state index is 13.6. The van der Waals surface area contributed by atoms with E-state index in [-0.39, 0.29) is 13.0 Å². The summed E-state index contributed by atoms with van der Waals surface area (Å²) >= 11 is 1.61. The first-order valence-corrected chi connectivity index (χ1v) is 12.7. The molecule has 7 heterocycles. The number of likely N-dealkylation sites (tertiary alicyclic amines) is 1. The molecule has 1 fully saturated rings. The van der Waals surface area contributed by atoms with Crippen LogP contribution in [0.1, 0.15) is 12.0 Å². The number of halogens is 2. The molecule has 7 rings (SSSR count). The van der Waals surface area contributed by atoms with E-state index in [1.54, 1.807) is 41.0 Å². The minimum atomic E-state index is -2.62. The number of nitrogens with zero attached hydrogens (tertiary/aromatic N) is 6. The molecule has 1 aliphatic rings. The van der Waals surface area contributed by atoms with E-state index in [1.807, 2.05) is 35.0 Å². The Bertz CT molecular complexity index is 1740. The lowest BCUT2D eigenvalue weighted by Gasteiger charge is -2.15. The number of hydrogen-bond donors (Lipinski definition) is 2. The molecule has 0 bridgehead atoms. The van der Waals surface area contributed by atoms with E-state index in [4.69, 9.17) is 4.98 Å². The van der Waals surface area contributed by atoms with Crippen LogP contribution in [0.5, 0.6) is 0 Å². The van der Waals surface area contributed by atoms with Crippen LogP contribution in [0.2, 0.25) is 0 Å². The van der Waals surface area contributed by atoms with Crippen molar-refractivity contribution in [2.75, 3.05) is 13.1 Å². The molecule has 0 spiro atoms. The Balaban J connectivity index is 1.24. The van der Waals surface area contributed by atoms with Crippen molar-refractivity contribution in [3.8, 4) is 33.9 Å². The number of alkyl halides is 2. The summed E-state index contributed by atoms with van der Waals surface area (Å²) in [5.74, 6) is -2.00. The summed E-state index contributed by atoms with van der Waals surface area (Å²) in [5.41, 5.74) is 7.38. The molecule has 0 amide bonds. The Kier molecular flexibility index (Phi) is 5.08. The second kappa shape index (κ2) is 8.49. The van der Waals surface area contributed by atoms with Crippen molar-refractivity contribution >= 4 is 33.4 Å². The molecule has 1 saturated heterocycles. The molecule has 0 aliphatic carbocycles. The molecule has 2 N–H and O–H groups in total. The summed E-state index contributed by atoms with van der Waals surface area (Å²) < 4.78 is 27.2. The number of nitrogens with one attached hydrogen (secondary N) is 2. The summed E-state index contributed by atoms with van der Waals surface area (Å²) in [6, 6.07) is 7.90. The number of rotatable bonds is 5. The zero-order valence-electron chi connectivity index (χ0n) is 19.4. The van der Waals surface area contributed by atoms with E-state index < -0.39 is 5.92 Å². The third-order valence-corrected chi connectivity index (χ3v) is 7.30. The molecule has 0 saturated carbocycles. The summed E-state index contributed by atoms with van der Waals surface area (Å²) in [7, 11) is 0. The van der Waals surface area contributed by atoms with Gasteiger partial charge in [-0.2, -0.15) is 16.4 Å². The third kappa shape index (κ3) is 4.05. The average molecular weight is 515 g/mol. The number of thiophene rings is 1. The van der Waals surface area contributed by atoms with Crippen LogP contribution in [-0.4, -0.2) is 59.0 Å². The molecule has 37 heavy (non-hydrogen) atoms. The molecule has 6 aromatic heterocycles. The zero-order chi connectivity index (χ0) is 25.0.